The zero-order chi connectivity index (χ0) is 26.1. The Morgan fingerprint density at radius 2 is 1.46 bits per heavy atom. The Kier molecular flexibility index (Phi) is 7.11. The molecule has 0 aliphatic carbocycles. The van der Waals surface area contributed by atoms with E-state index in [2.05, 4.69) is 81.4 Å². The predicted molar refractivity (Wildman–Crippen MR) is 146 cm³/mol. The van der Waals surface area contributed by atoms with Crippen LogP contribution in [0.2, 0.25) is 5.04 Å². The zero-order valence-electron chi connectivity index (χ0n) is 22.1. The third-order valence-electron chi connectivity index (χ3n) is 7.70. The summed E-state index contributed by atoms with van der Waals surface area (Å²) >= 11 is 0. The van der Waals surface area contributed by atoms with Crippen LogP contribution in [0.15, 0.2) is 91.0 Å². The average molecular weight is 517 g/mol. The Labute approximate surface area is 220 Å². The Bertz CT molecular complexity index is 1160. The van der Waals surface area contributed by atoms with E-state index in [1.165, 1.54) is 17.3 Å². The van der Waals surface area contributed by atoms with E-state index in [-0.39, 0.29) is 17.1 Å². The molecule has 4 atom stereocenters. The molecule has 2 aliphatic rings. The lowest BCUT2D eigenvalue weighted by atomic mass is 9.86. The highest BCUT2D eigenvalue weighted by Gasteiger charge is 2.62. The van der Waals surface area contributed by atoms with Gasteiger partial charge in [0.05, 0.1) is 13.2 Å². The smallest absolute Gasteiger partial charge is 0.303 e. The normalized spacial score (nSPS) is 25.6. The number of hydrogen-bond donors (Lipinski definition) is 0. The first-order valence-corrected chi connectivity index (χ1v) is 15.0. The van der Waals surface area contributed by atoms with Gasteiger partial charge in [-0.2, -0.15) is 0 Å². The molecule has 0 saturated carbocycles. The second kappa shape index (κ2) is 10.2. The summed E-state index contributed by atoms with van der Waals surface area (Å²) in [7, 11) is -2.79. The highest BCUT2D eigenvalue weighted by molar-refractivity contribution is 6.99. The van der Waals surface area contributed by atoms with E-state index in [1.54, 1.807) is 0 Å². The van der Waals surface area contributed by atoms with E-state index in [0.717, 1.165) is 5.56 Å². The van der Waals surface area contributed by atoms with Crippen molar-refractivity contribution >= 4 is 24.7 Å². The number of ether oxygens (including phenoxy) is 3. The van der Waals surface area contributed by atoms with Crippen molar-refractivity contribution < 1.29 is 23.4 Å². The fraction of sp³-hybridized carbons (Fsp3) is 0.387. The fourth-order valence-electron chi connectivity index (χ4n) is 6.16. The number of rotatable bonds is 7. The molecule has 194 valence electrons. The van der Waals surface area contributed by atoms with Crippen LogP contribution in [0.5, 0.6) is 0 Å². The van der Waals surface area contributed by atoms with Crippen molar-refractivity contribution in [1.29, 1.82) is 0 Å². The maximum absolute atomic E-state index is 12.2. The van der Waals surface area contributed by atoms with E-state index in [9.17, 15) is 4.79 Å². The van der Waals surface area contributed by atoms with Gasteiger partial charge in [-0.1, -0.05) is 112 Å². The summed E-state index contributed by atoms with van der Waals surface area (Å²) in [5.74, 6) is -0.344. The number of fused-ring (bicyclic) bond motifs is 1. The first kappa shape index (κ1) is 25.9. The van der Waals surface area contributed by atoms with E-state index in [0.29, 0.717) is 19.6 Å². The minimum absolute atomic E-state index is 0.172. The third-order valence-corrected chi connectivity index (χ3v) is 12.7. The quantitative estimate of drug-likeness (QED) is 0.340. The van der Waals surface area contributed by atoms with Crippen molar-refractivity contribution in [1.82, 2.24) is 0 Å². The second-order valence-corrected chi connectivity index (χ2v) is 15.3. The molecular formula is C31H36O5Si. The zero-order valence-corrected chi connectivity index (χ0v) is 23.1. The van der Waals surface area contributed by atoms with Gasteiger partial charge in [0, 0.05) is 13.3 Å². The van der Waals surface area contributed by atoms with Gasteiger partial charge in [0.15, 0.2) is 6.10 Å². The molecular weight excluding hydrogens is 480 g/mol. The fourth-order valence-corrected chi connectivity index (χ4v) is 10.7. The maximum Gasteiger partial charge on any atom is 0.303 e. The SMILES string of the molecule is CC(=O)O[C@H]1[C@H]2OCC[C@@]2(c2ccccc2)O[C@@H]1CO[Si](c1ccccc1)(c1ccccc1)C(C)(C)C. The largest absolute Gasteiger partial charge is 0.457 e. The monoisotopic (exact) mass is 516 g/mol. The van der Waals surface area contributed by atoms with Gasteiger partial charge in [0.2, 0.25) is 0 Å². The Balaban J connectivity index is 1.55. The molecule has 2 aliphatic heterocycles. The first-order chi connectivity index (χ1) is 17.8. The van der Waals surface area contributed by atoms with Gasteiger partial charge in [-0.3, -0.25) is 4.79 Å². The van der Waals surface area contributed by atoms with Crippen LogP contribution in [0, 0.1) is 0 Å². The standard InChI is InChI=1S/C31H36O5Si/c1-23(32)35-28-27(36-31(20-21-33-29(28)31)24-14-8-5-9-15-24)22-34-37(30(2,3)4,25-16-10-6-11-17-25)26-18-12-7-13-19-26/h5-19,27-29H,20-22H2,1-4H3/t27-,28-,29-,31+/m1/s1. The molecule has 37 heavy (non-hydrogen) atoms. The maximum atomic E-state index is 12.2. The lowest BCUT2D eigenvalue weighted by Crippen LogP contribution is -2.67. The van der Waals surface area contributed by atoms with Crippen LogP contribution < -0.4 is 10.4 Å². The van der Waals surface area contributed by atoms with Gasteiger partial charge in [0.25, 0.3) is 8.32 Å². The van der Waals surface area contributed by atoms with Gasteiger partial charge < -0.3 is 18.6 Å². The number of benzene rings is 3. The topological polar surface area (TPSA) is 54.0 Å². The van der Waals surface area contributed by atoms with Gasteiger partial charge >= 0.3 is 5.97 Å². The van der Waals surface area contributed by atoms with Crippen molar-refractivity contribution in [3.05, 3.63) is 96.6 Å². The van der Waals surface area contributed by atoms with Crippen LogP contribution in [-0.2, 0) is 29.0 Å². The molecule has 0 spiro atoms. The molecule has 3 aromatic carbocycles. The minimum Gasteiger partial charge on any atom is -0.457 e. The molecule has 5 nitrogen and oxygen atoms in total. The Morgan fingerprint density at radius 3 is 1.97 bits per heavy atom. The van der Waals surface area contributed by atoms with E-state index >= 15 is 0 Å². The lowest BCUT2D eigenvalue weighted by molar-refractivity contribution is -0.155. The summed E-state index contributed by atoms with van der Waals surface area (Å²) in [6.45, 7) is 9.04. The van der Waals surface area contributed by atoms with Crippen LogP contribution in [0.25, 0.3) is 0 Å². The molecule has 0 amide bonds. The summed E-state index contributed by atoms with van der Waals surface area (Å²) in [6, 6.07) is 31.2. The molecule has 2 heterocycles. The van der Waals surface area contributed by atoms with Crippen molar-refractivity contribution in [2.45, 2.75) is 63.1 Å². The van der Waals surface area contributed by atoms with Crippen molar-refractivity contribution in [3.8, 4) is 0 Å². The van der Waals surface area contributed by atoms with Crippen LogP contribution in [0.1, 0.15) is 39.7 Å². The van der Waals surface area contributed by atoms with Crippen molar-refractivity contribution in [3.63, 3.8) is 0 Å². The number of hydrogen-bond acceptors (Lipinski definition) is 5. The summed E-state index contributed by atoms with van der Waals surface area (Å²) in [6.07, 6.45) is -0.698. The lowest BCUT2D eigenvalue weighted by Gasteiger charge is -2.43. The van der Waals surface area contributed by atoms with Crippen LogP contribution in [0.3, 0.4) is 0 Å². The summed E-state index contributed by atoms with van der Waals surface area (Å²) in [5.41, 5.74) is 0.378. The highest BCUT2D eigenvalue weighted by atomic mass is 28.4. The molecule has 0 bridgehead atoms. The van der Waals surface area contributed by atoms with Crippen molar-refractivity contribution in [2.75, 3.05) is 13.2 Å². The van der Waals surface area contributed by atoms with Crippen LogP contribution >= 0.6 is 0 Å². The molecule has 3 aromatic rings. The minimum atomic E-state index is -2.79. The molecule has 2 fully saturated rings. The third kappa shape index (κ3) is 4.57. The molecule has 0 N–H and O–H groups in total. The molecule has 0 unspecified atom stereocenters. The first-order valence-electron chi connectivity index (χ1n) is 13.1. The molecule has 5 rings (SSSR count). The Hall–Kier alpha value is -2.77. The molecule has 2 saturated heterocycles. The summed E-state index contributed by atoms with van der Waals surface area (Å²) < 4.78 is 26.1. The average Bonchev–Trinajstić information content (AvgIpc) is 3.44. The van der Waals surface area contributed by atoms with Gasteiger partial charge in [0.1, 0.15) is 17.8 Å². The molecule has 0 radical (unpaired) electrons. The van der Waals surface area contributed by atoms with Gasteiger partial charge in [-0.15, -0.1) is 0 Å². The predicted octanol–water partition coefficient (Wildman–Crippen LogP) is 4.58. The second-order valence-electron chi connectivity index (χ2n) is 11.0. The van der Waals surface area contributed by atoms with Crippen LogP contribution in [-0.4, -0.2) is 45.8 Å². The van der Waals surface area contributed by atoms with Crippen molar-refractivity contribution in [2.24, 2.45) is 0 Å². The summed E-state index contributed by atoms with van der Waals surface area (Å²) in [4.78, 5) is 12.2. The molecule has 0 aromatic heterocycles. The van der Waals surface area contributed by atoms with E-state index in [1.807, 2.05) is 30.3 Å². The number of esters is 1. The molecule has 6 heteroatoms. The number of carbonyl (C=O) groups excluding carboxylic acids is 1. The van der Waals surface area contributed by atoms with Crippen LogP contribution in [0.4, 0.5) is 0 Å². The van der Waals surface area contributed by atoms with E-state index < -0.39 is 26.1 Å². The highest BCUT2D eigenvalue weighted by Crippen LogP contribution is 2.49. The number of carbonyl (C=O) groups is 1. The van der Waals surface area contributed by atoms with E-state index in [4.69, 9.17) is 18.6 Å². The van der Waals surface area contributed by atoms with Gasteiger partial charge in [-0.25, -0.2) is 0 Å². The van der Waals surface area contributed by atoms with Gasteiger partial charge in [-0.05, 0) is 21.0 Å². The summed E-state index contributed by atoms with van der Waals surface area (Å²) in [5, 5.41) is 2.23. The Morgan fingerprint density at radius 1 is 0.919 bits per heavy atom.